The van der Waals surface area contributed by atoms with Crippen molar-refractivity contribution in [3.63, 3.8) is 0 Å². The molecule has 0 saturated carbocycles. The Balaban J connectivity index is 2.00. The van der Waals surface area contributed by atoms with Gasteiger partial charge in [-0.3, -0.25) is 0 Å². The van der Waals surface area contributed by atoms with Crippen molar-refractivity contribution in [1.29, 1.82) is 0 Å². The zero-order valence-electron chi connectivity index (χ0n) is 9.21. The van der Waals surface area contributed by atoms with E-state index in [1.807, 2.05) is 23.7 Å². The van der Waals surface area contributed by atoms with Gasteiger partial charge in [-0.2, -0.15) is 0 Å². The Morgan fingerprint density at radius 2 is 2.24 bits per heavy atom. The molecule has 1 aromatic carbocycles. The highest BCUT2D eigenvalue weighted by Gasteiger charge is 2.03. The summed E-state index contributed by atoms with van der Waals surface area (Å²) in [6.45, 7) is 0.888. The summed E-state index contributed by atoms with van der Waals surface area (Å²) in [5, 5.41) is 12.3. The quantitative estimate of drug-likeness (QED) is 0.769. The van der Waals surface area contributed by atoms with Gasteiger partial charge >= 0.3 is 0 Å². The summed E-state index contributed by atoms with van der Waals surface area (Å²) in [5.74, 6) is 0. The first-order valence-corrected chi connectivity index (χ1v) is 6.37. The number of benzene rings is 1. The van der Waals surface area contributed by atoms with E-state index in [0.29, 0.717) is 0 Å². The summed E-state index contributed by atoms with van der Waals surface area (Å²) in [6.07, 6.45) is 2.06. The largest absolute Gasteiger partial charge is 0.392 e. The number of hydrogen-bond donors (Lipinski definition) is 1. The maximum atomic E-state index is 9.10. The van der Waals surface area contributed by atoms with Gasteiger partial charge in [0.2, 0.25) is 0 Å². The Kier molecular flexibility index (Phi) is 2.66. The van der Waals surface area contributed by atoms with E-state index in [1.54, 1.807) is 11.3 Å². The van der Waals surface area contributed by atoms with Crippen LogP contribution in [0.15, 0.2) is 41.4 Å². The van der Waals surface area contributed by atoms with Gasteiger partial charge in [-0.15, -0.1) is 11.3 Å². The van der Waals surface area contributed by atoms with E-state index in [2.05, 4.69) is 27.2 Å². The van der Waals surface area contributed by atoms with Crippen molar-refractivity contribution < 1.29 is 5.11 Å². The minimum absolute atomic E-state index is 0.0905. The third-order valence-corrected chi connectivity index (χ3v) is 3.47. The SMILES string of the molecule is OCc1ccc2c(ccn2Cc2cscn2)c1. The summed E-state index contributed by atoms with van der Waals surface area (Å²) in [7, 11) is 0. The van der Waals surface area contributed by atoms with E-state index in [1.165, 1.54) is 5.52 Å². The van der Waals surface area contributed by atoms with Gasteiger partial charge in [0.1, 0.15) is 0 Å². The van der Waals surface area contributed by atoms with Crippen LogP contribution >= 0.6 is 11.3 Å². The van der Waals surface area contributed by atoms with Gasteiger partial charge in [0.15, 0.2) is 0 Å². The van der Waals surface area contributed by atoms with Gasteiger partial charge < -0.3 is 9.67 Å². The van der Waals surface area contributed by atoms with Crippen LogP contribution in [0.25, 0.3) is 10.9 Å². The molecule has 0 bridgehead atoms. The minimum Gasteiger partial charge on any atom is -0.392 e. The Labute approximate surface area is 103 Å². The average molecular weight is 244 g/mol. The fraction of sp³-hybridized carbons (Fsp3) is 0.154. The lowest BCUT2D eigenvalue weighted by Gasteiger charge is -2.03. The monoisotopic (exact) mass is 244 g/mol. The van der Waals surface area contributed by atoms with Crippen LogP contribution in [0.1, 0.15) is 11.3 Å². The average Bonchev–Trinajstić information content (AvgIpc) is 2.99. The van der Waals surface area contributed by atoms with Crippen LogP contribution in [-0.2, 0) is 13.2 Å². The molecule has 0 atom stereocenters. The molecule has 0 fully saturated rings. The number of rotatable bonds is 3. The van der Waals surface area contributed by atoms with Crippen LogP contribution < -0.4 is 0 Å². The van der Waals surface area contributed by atoms with Crippen LogP contribution in [0.5, 0.6) is 0 Å². The first-order valence-electron chi connectivity index (χ1n) is 5.42. The third kappa shape index (κ3) is 1.97. The number of aromatic nitrogens is 2. The van der Waals surface area contributed by atoms with Gasteiger partial charge in [-0.05, 0) is 29.1 Å². The highest BCUT2D eigenvalue weighted by molar-refractivity contribution is 7.07. The Hall–Kier alpha value is -1.65. The van der Waals surface area contributed by atoms with Gasteiger partial charge in [0.05, 0.1) is 24.4 Å². The van der Waals surface area contributed by atoms with Crippen molar-refractivity contribution in [3.8, 4) is 0 Å². The number of hydrogen-bond acceptors (Lipinski definition) is 3. The fourth-order valence-electron chi connectivity index (χ4n) is 1.98. The molecule has 2 aromatic heterocycles. The summed E-state index contributed by atoms with van der Waals surface area (Å²) in [4.78, 5) is 4.29. The minimum atomic E-state index is 0.0905. The molecule has 0 amide bonds. The normalized spacial score (nSPS) is 11.1. The summed E-state index contributed by atoms with van der Waals surface area (Å²) >= 11 is 1.62. The molecule has 2 heterocycles. The molecule has 3 rings (SSSR count). The van der Waals surface area contributed by atoms with E-state index in [-0.39, 0.29) is 6.61 Å². The van der Waals surface area contributed by atoms with Crippen molar-refractivity contribution >= 4 is 22.2 Å². The maximum Gasteiger partial charge on any atom is 0.0795 e. The Morgan fingerprint density at radius 1 is 1.29 bits per heavy atom. The van der Waals surface area contributed by atoms with Gasteiger partial charge in [-0.25, -0.2) is 4.98 Å². The summed E-state index contributed by atoms with van der Waals surface area (Å²) < 4.78 is 2.17. The second-order valence-corrected chi connectivity index (χ2v) is 4.69. The smallest absolute Gasteiger partial charge is 0.0795 e. The zero-order chi connectivity index (χ0) is 11.7. The van der Waals surface area contributed by atoms with Crippen LogP contribution in [0.4, 0.5) is 0 Å². The van der Waals surface area contributed by atoms with Gasteiger partial charge in [-0.1, -0.05) is 6.07 Å². The van der Waals surface area contributed by atoms with Crippen molar-refractivity contribution in [2.45, 2.75) is 13.2 Å². The molecule has 0 saturated heterocycles. The molecule has 3 aromatic rings. The first kappa shape index (κ1) is 10.5. The second kappa shape index (κ2) is 4.31. The molecule has 86 valence electrons. The maximum absolute atomic E-state index is 9.10. The molecule has 0 aliphatic rings. The zero-order valence-corrected chi connectivity index (χ0v) is 10.0. The van der Waals surface area contributed by atoms with Crippen LogP contribution in [0.2, 0.25) is 0 Å². The molecule has 0 spiro atoms. The van der Waals surface area contributed by atoms with Crippen molar-refractivity contribution in [3.05, 3.63) is 52.6 Å². The molecule has 0 aliphatic carbocycles. The Bertz CT molecular complexity index is 628. The van der Waals surface area contributed by atoms with Gasteiger partial charge in [0, 0.05) is 17.1 Å². The number of fused-ring (bicyclic) bond motifs is 1. The van der Waals surface area contributed by atoms with Crippen LogP contribution in [0, 0.1) is 0 Å². The third-order valence-electron chi connectivity index (χ3n) is 2.83. The standard InChI is InChI=1S/C13H12N2OS/c16-7-10-1-2-13-11(5-10)3-4-15(13)6-12-8-17-9-14-12/h1-5,8-9,16H,6-7H2. The molecule has 0 unspecified atom stereocenters. The highest BCUT2D eigenvalue weighted by atomic mass is 32.1. The molecule has 4 heteroatoms. The molecule has 0 radical (unpaired) electrons. The predicted octanol–water partition coefficient (Wildman–Crippen LogP) is 2.64. The van der Waals surface area contributed by atoms with E-state index < -0.39 is 0 Å². The molecular formula is C13H12N2OS. The number of aliphatic hydroxyl groups excluding tert-OH is 1. The van der Waals surface area contributed by atoms with Crippen LogP contribution in [-0.4, -0.2) is 14.7 Å². The number of aliphatic hydroxyl groups is 1. The van der Waals surface area contributed by atoms with Crippen molar-refractivity contribution in [2.24, 2.45) is 0 Å². The van der Waals surface area contributed by atoms with Crippen LogP contribution in [0.3, 0.4) is 0 Å². The summed E-state index contributed by atoms with van der Waals surface area (Å²) in [6, 6.07) is 8.10. The lowest BCUT2D eigenvalue weighted by Crippen LogP contribution is -1.97. The van der Waals surface area contributed by atoms with E-state index in [4.69, 9.17) is 5.11 Å². The lowest BCUT2D eigenvalue weighted by molar-refractivity contribution is 0.282. The van der Waals surface area contributed by atoms with Crippen molar-refractivity contribution in [1.82, 2.24) is 9.55 Å². The first-order chi connectivity index (χ1) is 8.36. The van der Waals surface area contributed by atoms with Crippen molar-refractivity contribution in [2.75, 3.05) is 0 Å². The topological polar surface area (TPSA) is 38.0 Å². The molecular weight excluding hydrogens is 232 g/mol. The molecule has 17 heavy (non-hydrogen) atoms. The van der Waals surface area contributed by atoms with Gasteiger partial charge in [0.25, 0.3) is 0 Å². The predicted molar refractivity (Wildman–Crippen MR) is 69.1 cm³/mol. The fourth-order valence-corrected chi connectivity index (χ4v) is 2.53. The van der Waals surface area contributed by atoms with E-state index in [9.17, 15) is 0 Å². The summed E-state index contributed by atoms with van der Waals surface area (Å²) in [5.41, 5.74) is 5.06. The second-order valence-electron chi connectivity index (χ2n) is 3.97. The number of thiazole rings is 1. The lowest BCUT2D eigenvalue weighted by atomic mass is 10.2. The highest BCUT2D eigenvalue weighted by Crippen LogP contribution is 2.19. The molecule has 3 nitrogen and oxygen atoms in total. The van der Waals surface area contributed by atoms with E-state index >= 15 is 0 Å². The molecule has 0 aliphatic heterocycles. The Morgan fingerprint density at radius 3 is 3.00 bits per heavy atom. The van der Waals surface area contributed by atoms with E-state index in [0.717, 1.165) is 23.2 Å². The number of nitrogens with zero attached hydrogens (tertiary/aromatic N) is 2. The molecule has 1 N–H and O–H groups in total.